The van der Waals surface area contributed by atoms with Gasteiger partial charge in [-0.2, -0.15) is 0 Å². The fraction of sp³-hybridized carbons (Fsp3) is 0.625. The fourth-order valence-electron chi connectivity index (χ4n) is 1.10. The number of rotatable bonds is 3. The highest BCUT2D eigenvalue weighted by Crippen LogP contribution is 2.42. The van der Waals surface area contributed by atoms with E-state index >= 15 is 0 Å². The first kappa shape index (κ1) is 11.5. The van der Waals surface area contributed by atoms with Crippen molar-refractivity contribution in [2.75, 3.05) is 6.61 Å². The van der Waals surface area contributed by atoms with Crippen molar-refractivity contribution in [3.63, 3.8) is 0 Å². The molecule has 3 nitrogen and oxygen atoms in total. The molecule has 1 saturated carbocycles. The van der Waals surface area contributed by atoms with Crippen molar-refractivity contribution in [3.05, 3.63) is 12.7 Å². The van der Waals surface area contributed by atoms with Gasteiger partial charge >= 0.3 is 5.97 Å². The van der Waals surface area contributed by atoms with Crippen LogP contribution in [0.4, 0.5) is 0 Å². The number of nitrogens with two attached hydrogens (primary N) is 1. The Labute approximate surface area is 78.4 Å². The van der Waals surface area contributed by atoms with Gasteiger partial charge in [-0.3, -0.25) is 4.79 Å². The quantitative estimate of drug-likeness (QED) is 0.532. The lowest BCUT2D eigenvalue weighted by Crippen LogP contribution is -2.36. The predicted molar refractivity (Wildman–Crippen MR) is 49.1 cm³/mol. The number of hydrogen-bond donors (Lipinski definition) is 1. The maximum absolute atomic E-state index is 11.1. The Balaban J connectivity index is 0.00000121. The molecular formula is C8H14ClNO2. The molecule has 0 aromatic heterocycles. The molecule has 1 aliphatic carbocycles. The average Bonchev–Trinajstić information content (AvgIpc) is 2.64. The molecule has 2 N–H and O–H groups in total. The lowest BCUT2D eigenvalue weighted by Gasteiger charge is -2.07. The first-order valence-corrected chi connectivity index (χ1v) is 3.73. The second kappa shape index (κ2) is 3.92. The van der Waals surface area contributed by atoms with Crippen molar-refractivity contribution in [2.24, 2.45) is 11.7 Å². The number of carbonyl (C=O) groups is 1. The van der Waals surface area contributed by atoms with Crippen molar-refractivity contribution in [1.82, 2.24) is 0 Å². The van der Waals surface area contributed by atoms with Crippen LogP contribution in [0, 0.1) is 5.92 Å². The van der Waals surface area contributed by atoms with E-state index in [9.17, 15) is 4.79 Å². The van der Waals surface area contributed by atoms with E-state index in [1.54, 1.807) is 13.0 Å². The molecule has 0 unspecified atom stereocenters. The van der Waals surface area contributed by atoms with E-state index in [2.05, 4.69) is 6.58 Å². The van der Waals surface area contributed by atoms with E-state index in [0.717, 1.165) is 0 Å². The minimum absolute atomic E-state index is 0. The van der Waals surface area contributed by atoms with Gasteiger partial charge in [-0.05, 0) is 13.3 Å². The van der Waals surface area contributed by atoms with E-state index in [1.165, 1.54) is 0 Å². The van der Waals surface area contributed by atoms with E-state index in [0.29, 0.717) is 13.0 Å². The van der Waals surface area contributed by atoms with E-state index in [1.807, 2.05) is 0 Å². The van der Waals surface area contributed by atoms with Gasteiger partial charge in [-0.25, -0.2) is 0 Å². The highest BCUT2D eigenvalue weighted by molar-refractivity contribution is 5.85. The molecule has 0 aliphatic heterocycles. The molecule has 0 aromatic rings. The second-order valence-corrected chi connectivity index (χ2v) is 2.81. The van der Waals surface area contributed by atoms with E-state index < -0.39 is 5.54 Å². The summed E-state index contributed by atoms with van der Waals surface area (Å²) in [6, 6.07) is 0. The lowest BCUT2D eigenvalue weighted by atomic mass is 10.2. The molecule has 0 amide bonds. The third kappa shape index (κ3) is 1.79. The Morgan fingerprint density at radius 2 is 2.50 bits per heavy atom. The van der Waals surface area contributed by atoms with Crippen LogP contribution in [0.2, 0.25) is 0 Å². The summed E-state index contributed by atoms with van der Waals surface area (Å²) in [7, 11) is 0. The molecule has 70 valence electrons. The topological polar surface area (TPSA) is 52.3 Å². The molecule has 1 aliphatic rings. The summed E-state index contributed by atoms with van der Waals surface area (Å²) in [4.78, 5) is 11.1. The summed E-state index contributed by atoms with van der Waals surface area (Å²) in [6.07, 6.45) is 2.38. The van der Waals surface area contributed by atoms with E-state index in [-0.39, 0.29) is 24.3 Å². The van der Waals surface area contributed by atoms with Gasteiger partial charge < -0.3 is 10.5 Å². The largest absolute Gasteiger partial charge is 0.465 e. The Morgan fingerprint density at radius 3 is 2.83 bits per heavy atom. The summed E-state index contributed by atoms with van der Waals surface area (Å²) in [5.41, 5.74) is 4.93. The zero-order valence-electron chi connectivity index (χ0n) is 7.08. The molecule has 0 heterocycles. The minimum atomic E-state index is -0.752. The smallest absolute Gasteiger partial charge is 0.326 e. The summed E-state index contributed by atoms with van der Waals surface area (Å²) in [5.74, 6) is -0.188. The maximum atomic E-state index is 11.1. The van der Waals surface area contributed by atoms with Gasteiger partial charge in [0.05, 0.1) is 6.61 Å². The van der Waals surface area contributed by atoms with E-state index in [4.69, 9.17) is 10.5 Å². The SMILES string of the molecule is C=C[C@@H]1C[C@@]1(N)C(=O)OCC.Cl. The number of carbonyl (C=O) groups excluding carboxylic acids is 1. The van der Waals surface area contributed by atoms with Crippen LogP contribution in [0.25, 0.3) is 0 Å². The highest BCUT2D eigenvalue weighted by atomic mass is 35.5. The Kier molecular flexibility index (Phi) is 3.74. The molecule has 0 aromatic carbocycles. The van der Waals surface area contributed by atoms with Crippen molar-refractivity contribution >= 4 is 18.4 Å². The van der Waals surface area contributed by atoms with Crippen LogP contribution in [-0.2, 0) is 9.53 Å². The number of hydrogen-bond acceptors (Lipinski definition) is 3. The van der Waals surface area contributed by atoms with Crippen LogP contribution in [0.3, 0.4) is 0 Å². The molecule has 0 bridgehead atoms. The van der Waals surface area contributed by atoms with Crippen LogP contribution in [0.1, 0.15) is 13.3 Å². The fourth-order valence-corrected chi connectivity index (χ4v) is 1.10. The number of esters is 1. The molecule has 1 rings (SSSR count). The van der Waals surface area contributed by atoms with Crippen LogP contribution < -0.4 is 5.73 Å². The second-order valence-electron chi connectivity index (χ2n) is 2.81. The van der Waals surface area contributed by atoms with Gasteiger partial charge in [-0.1, -0.05) is 6.08 Å². The van der Waals surface area contributed by atoms with Gasteiger partial charge in [0.15, 0.2) is 0 Å². The van der Waals surface area contributed by atoms with Crippen molar-refractivity contribution in [1.29, 1.82) is 0 Å². The molecule has 0 saturated heterocycles. The first-order valence-electron chi connectivity index (χ1n) is 3.73. The Bertz CT molecular complexity index is 195. The van der Waals surface area contributed by atoms with Crippen LogP contribution in [0.5, 0.6) is 0 Å². The predicted octanol–water partition coefficient (Wildman–Crippen LogP) is 0.875. The zero-order chi connectivity index (χ0) is 8.48. The summed E-state index contributed by atoms with van der Waals surface area (Å²) < 4.78 is 4.79. The van der Waals surface area contributed by atoms with Gasteiger partial charge in [0.1, 0.15) is 5.54 Å². The molecule has 0 spiro atoms. The molecule has 4 heteroatoms. The summed E-state index contributed by atoms with van der Waals surface area (Å²) in [5, 5.41) is 0. The highest BCUT2D eigenvalue weighted by Gasteiger charge is 2.56. The van der Waals surface area contributed by atoms with Crippen LogP contribution in [0.15, 0.2) is 12.7 Å². The van der Waals surface area contributed by atoms with Crippen molar-refractivity contribution in [2.45, 2.75) is 18.9 Å². The average molecular weight is 192 g/mol. The number of halogens is 1. The molecular weight excluding hydrogens is 178 g/mol. The minimum Gasteiger partial charge on any atom is -0.465 e. The standard InChI is InChI=1S/C8H13NO2.ClH/c1-3-6-5-8(6,9)7(10)11-4-2;/h3,6H,1,4-5,9H2,2H3;1H/t6-,8+;/m1./s1. The van der Waals surface area contributed by atoms with Crippen molar-refractivity contribution < 1.29 is 9.53 Å². The van der Waals surface area contributed by atoms with Gasteiger partial charge in [0.2, 0.25) is 0 Å². The Hall–Kier alpha value is -0.540. The monoisotopic (exact) mass is 191 g/mol. The lowest BCUT2D eigenvalue weighted by molar-refractivity contribution is -0.146. The van der Waals surface area contributed by atoms with Crippen LogP contribution in [-0.4, -0.2) is 18.1 Å². The molecule has 12 heavy (non-hydrogen) atoms. The molecule has 1 fully saturated rings. The zero-order valence-corrected chi connectivity index (χ0v) is 7.89. The first-order chi connectivity index (χ1) is 5.15. The maximum Gasteiger partial charge on any atom is 0.326 e. The Morgan fingerprint density at radius 1 is 1.92 bits per heavy atom. The van der Waals surface area contributed by atoms with Crippen LogP contribution >= 0.6 is 12.4 Å². The summed E-state index contributed by atoms with van der Waals surface area (Å²) in [6.45, 7) is 5.73. The number of ether oxygens (including phenoxy) is 1. The third-order valence-electron chi connectivity index (χ3n) is 2.00. The van der Waals surface area contributed by atoms with Crippen molar-refractivity contribution in [3.8, 4) is 0 Å². The summed E-state index contributed by atoms with van der Waals surface area (Å²) >= 11 is 0. The normalized spacial score (nSPS) is 31.7. The van der Waals surface area contributed by atoms with Gasteiger partial charge in [0, 0.05) is 5.92 Å². The van der Waals surface area contributed by atoms with Gasteiger partial charge in [0.25, 0.3) is 0 Å². The van der Waals surface area contributed by atoms with Gasteiger partial charge in [-0.15, -0.1) is 19.0 Å². The third-order valence-corrected chi connectivity index (χ3v) is 2.00. The molecule has 2 atom stereocenters. The molecule has 0 radical (unpaired) electrons.